The predicted molar refractivity (Wildman–Crippen MR) is 113 cm³/mol. The molecule has 0 spiro atoms. The van der Waals surface area contributed by atoms with Crippen LogP contribution in [0.25, 0.3) is 22.0 Å². The van der Waals surface area contributed by atoms with Crippen LogP contribution in [0.5, 0.6) is 0 Å². The number of rotatable bonds is 3. The van der Waals surface area contributed by atoms with Crippen molar-refractivity contribution in [2.75, 3.05) is 11.1 Å². The lowest BCUT2D eigenvalue weighted by molar-refractivity contribution is -0.137. The Morgan fingerprint density at radius 3 is 2.59 bits per heavy atom. The third-order valence-electron chi connectivity index (χ3n) is 4.92. The number of alkyl halides is 3. The van der Waals surface area contributed by atoms with E-state index in [1.54, 1.807) is 31.3 Å². The second kappa shape index (κ2) is 7.92. The SMILES string of the molecule is Cc1cc(F)c(C(=O)Nc2cccc(C(F)(F)F)c2)cc1-c1ccc2nc(N)ncc2c1. The van der Waals surface area contributed by atoms with Gasteiger partial charge in [0.2, 0.25) is 5.95 Å². The predicted octanol–water partition coefficient (Wildman–Crippen LogP) is 5.60. The Kier molecular flexibility index (Phi) is 5.25. The molecule has 0 atom stereocenters. The highest BCUT2D eigenvalue weighted by atomic mass is 19.4. The van der Waals surface area contributed by atoms with Crippen LogP contribution in [0.1, 0.15) is 21.5 Å². The molecule has 3 N–H and O–H groups in total. The number of nitrogens with zero attached hydrogens (tertiary/aromatic N) is 2. The standard InChI is InChI=1S/C23H16F4N4O/c1-12-7-19(24)18(21(32)30-16-4-2-3-15(9-16)23(25,26)27)10-17(12)13-5-6-20-14(8-13)11-29-22(28)31-20/h2-11H,1H3,(H,30,32)(H2,28,29,31). The Balaban J connectivity index is 1.70. The molecule has 4 rings (SSSR count). The quantitative estimate of drug-likeness (QED) is 0.407. The molecule has 0 saturated carbocycles. The number of aromatic nitrogens is 2. The van der Waals surface area contributed by atoms with E-state index >= 15 is 0 Å². The first-order chi connectivity index (χ1) is 15.1. The van der Waals surface area contributed by atoms with Crippen LogP contribution in [0.3, 0.4) is 0 Å². The van der Waals surface area contributed by atoms with Crippen molar-refractivity contribution in [3.8, 4) is 11.1 Å². The Bertz CT molecular complexity index is 1350. The van der Waals surface area contributed by atoms with Crippen LogP contribution in [-0.2, 0) is 6.18 Å². The maximum Gasteiger partial charge on any atom is 0.416 e. The van der Waals surface area contributed by atoms with E-state index in [0.717, 1.165) is 12.1 Å². The molecule has 0 radical (unpaired) electrons. The molecule has 0 bridgehead atoms. The molecule has 0 fully saturated rings. The van der Waals surface area contributed by atoms with E-state index in [9.17, 15) is 22.4 Å². The molecule has 0 unspecified atom stereocenters. The summed E-state index contributed by atoms with van der Waals surface area (Å²) in [6, 6.07) is 12.0. The van der Waals surface area contributed by atoms with Gasteiger partial charge in [-0.2, -0.15) is 13.2 Å². The van der Waals surface area contributed by atoms with Gasteiger partial charge in [-0.25, -0.2) is 14.4 Å². The topological polar surface area (TPSA) is 80.9 Å². The highest BCUT2D eigenvalue weighted by molar-refractivity contribution is 6.05. The Morgan fingerprint density at radius 2 is 1.84 bits per heavy atom. The number of halogens is 4. The van der Waals surface area contributed by atoms with Crippen LogP contribution < -0.4 is 11.1 Å². The van der Waals surface area contributed by atoms with Crippen LogP contribution in [0.2, 0.25) is 0 Å². The Labute approximate surface area is 179 Å². The van der Waals surface area contributed by atoms with Gasteiger partial charge in [0.15, 0.2) is 0 Å². The van der Waals surface area contributed by atoms with Crippen molar-refractivity contribution in [1.82, 2.24) is 9.97 Å². The molecule has 1 aromatic heterocycles. The van der Waals surface area contributed by atoms with E-state index < -0.39 is 23.5 Å². The first-order valence-electron chi connectivity index (χ1n) is 9.43. The van der Waals surface area contributed by atoms with E-state index in [1.165, 1.54) is 24.3 Å². The van der Waals surface area contributed by atoms with Gasteiger partial charge >= 0.3 is 6.18 Å². The summed E-state index contributed by atoms with van der Waals surface area (Å²) in [5.41, 5.74) is 6.77. The zero-order valence-electron chi connectivity index (χ0n) is 16.7. The van der Waals surface area contributed by atoms with Gasteiger partial charge in [0.05, 0.1) is 16.6 Å². The van der Waals surface area contributed by atoms with Crippen molar-refractivity contribution < 1.29 is 22.4 Å². The van der Waals surface area contributed by atoms with Gasteiger partial charge in [0.25, 0.3) is 5.91 Å². The molecule has 3 aromatic carbocycles. The van der Waals surface area contributed by atoms with Crippen LogP contribution in [0.15, 0.2) is 60.8 Å². The van der Waals surface area contributed by atoms with Crippen LogP contribution >= 0.6 is 0 Å². The summed E-state index contributed by atoms with van der Waals surface area (Å²) in [6.45, 7) is 1.69. The molecule has 0 aliphatic carbocycles. The molecular formula is C23H16F4N4O. The number of hydrogen-bond acceptors (Lipinski definition) is 4. The highest BCUT2D eigenvalue weighted by Gasteiger charge is 2.30. The van der Waals surface area contributed by atoms with Gasteiger partial charge < -0.3 is 11.1 Å². The number of nitrogens with two attached hydrogens (primary N) is 1. The monoisotopic (exact) mass is 440 g/mol. The van der Waals surface area contributed by atoms with Crippen LogP contribution in [0, 0.1) is 12.7 Å². The van der Waals surface area contributed by atoms with E-state index in [-0.39, 0.29) is 17.2 Å². The number of aryl methyl sites for hydroxylation is 1. The fourth-order valence-corrected chi connectivity index (χ4v) is 3.34. The molecule has 0 saturated heterocycles. The van der Waals surface area contributed by atoms with Crippen molar-refractivity contribution in [1.29, 1.82) is 0 Å². The zero-order chi connectivity index (χ0) is 23.0. The summed E-state index contributed by atoms with van der Waals surface area (Å²) < 4.78 is 53.4. The molecule has 0 aliphatic heterocycles. The third-order valence-corrected chi connectivity index (χ3v) is 4.92. The zero-order valence-corrected chi connectivity index (χ0v) is 16.7. The minimum absolute atomic E-state index is 0.0909. The molecule has 1 amide bonds. The average molecular weight is 440 g/mol. The Morgan fingerprint density at radius 1 is 1.06 bits per heavy atom. The van der Waals surface area contributed by atoms with E-state index in [4.69, 9.17) is 5.73 Å². The van der Waals surface area contributed by atoms with Gasteiger partial charge in [-0.1, -0.05) is 12.1 Å². The lowest BCUT2D eigenvalue weighted by Crippen LogP contribution is -2.15. The van der Waals surface area contributed by atoms with Crippen molar-refractivity contribution >= 4 is 28.4 Å². The fourth-order valence-electron chi connectivity index (χ4n) is 3.34. The fraction of sp³-hybridized carbons (Fsp3) is 0.0870. The second-order valence-corrected chi connectivity index (χ2v) is 7.18. The van der Waals surface area contributed by atoms with E-state index in [2.05, 4.69) is 15.3 Å². The molecule has 9 heteroatoms. The van der Waals surface area contributed by atoms with E-state index in [0.29, 0.717) is 27.6 Å². The van der Waals surface area contributed by atoms with Crippen LogP contribution in [-0.4, -0.2) is 15.9 Å². The molecule has 32 heavy (non-hydrogen) atoms. The van der Waals surface area contributed by atoms with Gasteiger partial charge in [0.1, 0.15) is 5.82 Å². The summed E-state index contributed by atoms with van der Waals surface area (Å²) in [4.78, 5) is 20.8. The largest absolute Gasteiger partial charge is 0.416 e. The maximum atomic E-state index is 14.6. The summed E-state index contributed by atoms with van der Waals surface area (Å²) in [7, 11) is 0. The Hall–Kier alpha value is -4.01. The second-order valence-electron chi connectivity index (χ2n) is 7.18. The number of benzene rings is 3. The lowest BCUT2D eigenvalue weighted by atomic mass is 9.96. The van der Waals surface area contributed by atoms with Gasteiger partial charge in [-0.3, -0.25) is 4.79 Å². The molecule has 0 aliphatic rings. The minimum Gasteiger partial charge on any atom is -0.368 e. The minimum atomic E-state index is -4.56. The number of hydrogen-bond donors (Lipinski definition) is 2. The van der Waals surface area contributed by atoms with E-state index in [1.807, 2.05) is 0 Å². The summed E-state index contributed by atoms with van der Waals surface area (Å²) in [6.07, 6.45) is -3.01. The molecule has 1 heterocycles. The van der Waals surface area contributed by atoms with Gasteiger partial charge in [-0.05, 0) is 66.1 Å². The summed E-state index contributed by atoms with van der Waals surface area (Å²) >= 11 is 0. The maximum absolute atomic E-state index is 14.6. The lowest BCUT2D eigenvalue weighted by Gasteiger charge is -2.13. The van der Waals surface area contributed by atoms with Gasteiger partial charge in [0, 0.05) is 17.3 Å². The molecule has 162 valence electrons. The number of nitrogen functional groups attached to an aromatic ring is 1. The first kappa shape index (κ1) is 21.2. The normalized spacial score (nSPS) is 11.5. The van der Waals surface area contributed by atoms with Crippen molar-refractivity contribution in [3.05, 3.63) is 83.3 Å². The number of amides is 1. The number of fused-ring (bicyclic) bond motifs is 1. The number of anilines is 2. The highest BCUT2D eigenvalue weighted by Crippen LogP contribution is 2.32. The van der Waals surface area contributed by atoms with Crippen molar-refractivity contribution in [3.63, 3.8) is 0 Å². The third kappa shape index (κ3) is 4.22. The number of carbonyl (C=O) groups is 1. The summed E-state index contributed by atoms with van der Waals surface area (Å²) in [5, 5.41) is 3.04. The number of nitrogens with one attached hydrogen (secondary N) is 1. The molecule has 5 nitrogen and oxygen atoms in total. The number of carbonyl (C=O) groups excluding carboxylic acids is 1. The molecular weight excluding hydrogens is 424 g/mol. The van der Waals surface area contributed by atoms with Crippen LogP contribution in [0.4, 0.5) is 29.2 Å². The van der Waals surface area contributed by atoms with Crippen molar-refractivity contribution in [2.24, 2.45) is 0 Å². The summed E-state index contributed by atoms with van der Waals surface area (Å²) in [5.74, 6) is -1.51. The average Bonchev–Trinajstić information content (AvgIpc) is 2.73. The smallest absolute Gasteiger partial charge is 0.368 e. The van der Waals surface area contributed by atoms with Gasteiger partial charge in [-0.15, -0.1) is 0 Å². The molecule has 4 aromatic rings. The first-order valence-corrected chi connectivity index (χ1v) is 9.43. The van der Waals surface area contributed by atoms with Crippen molar-refractivity contribution in [2.45, 2.75) is 13.1 Å².